The second-order valence-electron chi connectivity index (χ2n) is 9.36. The van der Waals surface area contributed by atoms with Crippen molar-refractivity contribution >= 4 is 29.3 Å². The molecule has 0 radical (unpaired) electrons. The molecule has 3 N–H and O–H groups in total. The molecule has 2 aromatic rings. The van der Waals surface area contributed by atoms with E-state index in [9.17, 15) is 9.59 Å². The summed E-state index contributed by atoms with van der Waals surface area (Å²) in [6.07, 6.45) is 7.90. The van der Waals surface area contributed by atoms with Gasteiger partial charge in [0.1, 0.15) is 5.82 Å². The molecule has 1 saturated carbocycles. The van der Waals surface area contributed by atoms with Crippen molar-refractivity contribution in [2.75, 3.05) is 29.2 Å². The number of urea groups is 1. The number of carbonyl (C=O) groups excluding carboxylic acids is 2. The molecule has 2 amide bonds. The van der Waals surface area contributed by atoms with Crippen LogP contribution in [0.3, 0.4) is 0 Å². The van der Waals surface area contributed by atoms with Crippen molar-refractivity contribution in [3.05, 3.63) is 41.1 Å². The third-order valence-corrected chi connectivity index (χ3v) is 6.77. The summed E-state index contributed by atoms with van der Waals surface area (Å²) in [6, 6.07) is 6.92. The maximum atomic E-state index is 12.3. The summed E-state index contributed by atoms with van der Waals surface area (Å²) >= 11 is 0. The summed E-state index contributed by atoms with van der Waals surface area (Å²) in [5.41, 5.74) is 9.56. The summed E-state index contributed by atoms with van der Waals surface area (Å²) in [7, 11) is 4.07. The standard InChI is InChI=1S/C25H34N6O2/c1-16(32)17-8-12-19(13-9-17)31(24(26)33)20-14-10-18(11-15-20)27-25-28-22-7-5-4-6-21(22)23(29-25)30(2)3/h8-9,12-13,18,20H,4-7,10-11,14-15H2,1-3H3,(H2,26,33)(H,27,28,29)/t18-,20+. The summed E-state index contributed by atoms with van der Waals surface area (Å²) in [5.74, 6) is 1.72. The van der Waals surface area contributed by atoms with Gasteiger partial charge in [0.05, 0.1) is 5.69 Å². The lowest BCUT2D eigenvalue weighted by Crippen LogP contribution is -2.46. The number of fused-ring (bicyclic) bond motifs is 1. The van der Waals surface area contributed by atoms with Gasteiger partial charge < -0.3 is 16.0 Å². The summed E-state index contributed by atoms with van der Waals surface area (Å²) in [6.45, 7) is 1.53. The Bertz CT molecular complexity index is 1010. The zero-order valence-corrected chi connectivity index (χ0v) is 19.8. The van der Waals surface area contributed by atoms with Gasteiger partial charge in [-0.05, 0) is 82.6 Å². The van der Waals surface area contributed by atoms with Gasteiger partial charge in [-0.1, -0.05) is 0 Å². The number of aromatic nitrogens is 2. The lowest BCUT2D eigenvalue weighted by atomic mass is 9.90. The molecular weight excluding hydrogens is 416 g/mol. The first kappa shape index (κ1) is 23.0. The van der Waals surface area contributed by atoms with Crippen molar-refractivity contribution in [3.63, 3.8) is 0 Å². The van der Waals surface area contributed by atoms with Crippen molar-refractivity contribution < 1.29 is 9.59 Å². The number of Topliss-reactive ketones (excluding diaryl/α,β-unsaturated/α-hetero) is 1. The fourth-order valence-electron chi connectivity index (χ4n) is 5.04. The van der Waals surface area contributed by atoms with E-state index in [1.54, 1.807) is 29.2 Å². The molecule has 0 unspecified atom stereocenters. The van der Waals surface area contributed by atoms with Crippen LogP contribution in [0.2, 0.25) is 0 Å². The molecule has 2 aliphatic rings. The number of nitrogens with one attached hydrogen (secondary N) is 1. The van der Waals surface area contributed by atoms with E-state index in [2.05, 4.69) is 10.2 Å². The summed E-state index contributed by atoms with van der Waals surface area (Å²) in [5, 5.41) is 3.55. The quantitative estimate of drug-likeness (QED) is 0.646. The first-order chi connectivity index (χ1) is 15.8. The highest BCUT2D eigenvalue weighted by Crippen LogP contribution is 2.31. The van der Waals surface area contributed by atoms with Gasteiger partial charge in [-0.2, -0.15) is 4.98 Å². The number of amides is 2. The number of nitrogens with zero attached hydrogens (tertiary/aromatic N) is 4. The Kier molecular flexibility index (Phi) is 6.81. The van der Waals surface area contributed by atoms with E-state index in [-0.39, 0.29) is 17.9 Å². The van der Waals surface area contributed by atoms with E-state index >= 15 is 0 Å². The van der Waals surface area contributed by atoms with Crippen molar-refractivity contribution in [3.8, 4) is 0 Å². The van der Waals surface area contributed by atoms with Gasteiger partial charge in [0.2, 0.25) is 5.95 Å². The third-order valence-electron chi connectivity index (χ3n) is 6.77. The number of primary amides is 1. The molecular formula is C25H34N6O2. The number of anilines is 3. The number of nitrogens with two attached hydrogens (primary N) is 1. The lowest BCUT2D eigenvalue weighted by Gasteiger charge is -2.36. The minimum atomic E-state index is -0.462. The number of carbonyl (C=O) groups is 2. The van der Waals surface area contributed by atoms with Crippen LogP contribution >= 0.6 is 0 Å². The molecule has 0 bridgehead atoms. The van der Waals surface area contributed by atoms with E-state index in [1.165, 1.54) is 31.0 Å². The van der Waals surface area contributed by atoms with Crippen molar-refractivity contribution in [1.82, 2.24) is 9.97 Å². The van der Waals surface area contributed by atoms with Gasteiger partial charge in [-0.15, -0.1) is 0 Å². The van der Waals surface area contributed by atoms with E-state index in [4.69, 9.17) is 15.7 Å². The molecule has 1 heterocycles. The van der Waals surface area contributed by atoms with Crippen LogP contribution in [0.25, 0.3) is 0 Å². The lowest BCUT2D eigenvalue weighted by molar-refractivity contribution is 0.101. The Labute approximate surface area is 195 Å². The van der Waals surface area contributed by atoms with Crippen LogP contribution in [0.1, 0.15) is 67.1 Å². The van der Waals surface area contributed by atoms with Gasteiger partial charge >= 0.3 is 6.03 Å². The third kappa shape index (κ3) is 5.10. The van der Waals surface area contributed by atoms with Crippen LogP contribution in [0, 0.1) is 0 Å². The Morgan fingerprint density at radius 3 is 2.27 bits per heavy atom. The Morgan fingerprint density at radius 2 is 1.67 bits per heavy atom. The van der Waals surface area contributed by atoms with E-state index in [0.717, 1.165) is 50.0 Å². The molecule has 33 heavy (non-hydrogen) atoms. The second-order valence-corrected chi connectivity index (χ2v) is 9.36. The molecule has 1 aromatic heterocycles. The van der Waals surface area contributed by atoms with Crippen LogP contribution in [-0.2, 0) is 12.8 Å². The maximum absolute atomic E-state index is 12.3. The number of hydrogen-bond donors (Lipinski definition) is 2. The fourth-order valence-corrected chi connectivity index (χ4v) is 5.04. The second kappa shape index (κ2) is 9.77. The molecule has 0 spiro atoms. The summed E-state index contributed by atoms with van der Waals surface area (Å²) < 4.78 is 0. The highest BCUT2D eigenvalue weighted by atomic mass is 16.2. The zero-order valence-electron chi connectivity index (χ0n) is 19.8. The topological polar surface area (TPSA) is 104 Å². The Hall–Kier alpha value is -3.16. The average Bonchev–Trinajstić information content (AvgIpc) is 2.80. The molecule has 176 valence electrons. The molecule has 0 saturated heterocycles. The van der Waals surface area contributed by atoms with Crippen LogP contribution in [-0.4, -0.2) is 48.0 Å². The maximum Gasteiger partial charge on any atom is 0.319 e. The van der Waals surface area contributed by atoms with Gasteiger partial charge in [0.25, 0.3) is 0 Å². The monoisotopic (exact) mass is 450 g/mol. The number of benzene rings is 1. The molecule has 1 aromatic carbocycles. The predicted octanol–water partition coefficient (Wildman–Crippen LogP) is 3.93. The fraction of sp³-hybridized carbons (Fsp3) is 0.520. The normalized spacial score (nSPS) is 20.0. The van der Waals surface area contributed by atoms with E-state index in [0.29, 0.717) is 11.5 Å². The highest BCUT2D eigenvalue weighted by molar-refractivity contribution is 5.96. The molecule has 0 atom stereocenters. The molecule has 8 nitrogen and oxygen atoms in total. The molecule has 4 rings (SSSR count). The van der Waals surface area contributed by atoms with Crippen LogP contribution in [0.5, 0.6) is 0 Å². The first-order valence-corrected chi connectivity index (χ1v) is 11.9. The summed E-state index contributed by atoms with van der Waals surface area (Å²) in [4.78, 5) is 37.2. The van der Waals surface area contributed by atoms with Gasteiger partial charge in [-0.3, -0.25) is 9.69 Å². The van der Waals surface area contributed by atoms with Crippen LogP contribution in [0.15, 0.2) is 24.3 Å². The van der Waals surface area contributed by atoms with E-state index < -0.39 is 6.03 Å². The van der Waals surface area contributed by atoms with E-state index in [1.807, 2.05) is 14.1 Å². The Balaban J connectivity index is 1.43. The molecule has 1 fully saturated rings. The number of rotatable bonds is 6. The van der Waals surface area contributed by atoms with Gasteiger partial charge in [-0.25, -0.2) is 9.78 Å². The van der Waals surface area contributed by atoms with Crippen molar-refractivity contribution in [2.24, 2.45) is 5.73 Å². The van der Waals surface area contributed by atoms with Crippen molar-refractivity contribution in [2.45, 2.75) is 70.4 Å². The van der Waals surface area contributed by atoms with Crippen LogP contribution < -0.4 is 20.9 Å². The van der Waals surface area contributed by atoms with Crippen molar-refractivity contribution in [1.29, 1.82) is 0 Å². The van der Waals surface area contributed by atoms with Gasteiger partial charge in [0.15, 0.2) is 5.78 Å². The predicted molar refractivity (Wildman–Crippen MR) is 131 cm³/mol. The average molecular weight is 451 g/mol. The zero-order chi connectivity index (χ0) is 23.5. The highest BCUT2D eigenvalue weighted by Gasteiger charge is 2.30. The largest absolute Gasteiger partial charge is 0.362 e. The molecule has 2 aliphatic carbocycles. The number of aryl methyl sites for hydroxylation is 1. The minimum absolute atomic E-state index is 0.000536. The molecule has 8 heteroatoms. The molecule has 0 aliphatic heterocycles. The number of ketones is 1. The minimum Gasteiger partial charge on any atom is -0.362 e. The first-order valence-electron chi connectivity index (χ1n) is 11.9. The smallest absolute Gasteiger partial charge is 0.319 e. The number of hydrogen-bond acceptors (Lipinski definition) is 6. The SMILES string of the molecule is CC(=O)c1ccc(N(C(N)=O)[C@H]2CC[C@@H](Nc3nc4c(c(N(C)C)n3)CCCC4)CC2)cc1. The Morgan fingerprint density at radius 1 is 1.00 bits per heavy atom. The van der Waals surface area contributed by atoms with Crippen LogP contribution in [0.4, 0.5) is 22.2 Å². The van der Waals surface area contributed by atoms with Gasteiger partial charge in [0, 0.05) is 43.0 Å².